The number of nitrogens with one attached hydrogen (secondary N) is 1. The number of hydrogen-bond donors (Lipinski definition) is 4. The van der Waals surface area contributed by atoms with E-state index >= 15 is 0 Å². The molecule has 5 nitrogen and oxygen atoms in total. The molecule has 1 rings (SSSR count). The summed E-state index contributed by atoms with van der Waals surface area (Å²) in [7, 11) is 1.45. The fourth-order valence-corrected chi connectivity index (χ4v) is 0.922. The number of phenolic OH excluding ortho intramolecular Hbond substituents is 1. The zero-order valence-electron chi connectivity index (χ0n) is 7.11. The van der Waals surface area contributed by atoms with Crippen LogP contribution in [0.25, 0.3) is 0 Å². The molecule has 0 amide bonds. The SMILES string of the molecule is COc1ccc(C(N)=[NH+]O)cc1O. The van der Waals surface area contributed by atoms with Crippen LogP contribution in [0.4, 0.5) is 0 Å². The van der Waals surface area contributed by atoms with Gasteiger partial charge in [0, 0.05) is 0 Å². The normalized spacial score (nSPS) is 11.3. The van der Waals surface area contributed by atoms with Crippen molar-refractivity contribution >= 4 is 5.84 Å². The summed E-state index contributed by atoms with van der Waals surface area (Å²) in [6.07, 6.45) is 0. The zero-order valence-corrected chi connectivity index (χ0v) is 7.11. The minimum atomic E-state index is -0.0294. The van der Waals surface area contributed by atoms with E-state index in [2.05, 4.69) is 0 Å². The van der Waals surface area contributed by atoms with E-state index in [0.717, 1.165) is 0 Å². The molecule has 70 valence electrons. The number of benzene rings is 1. The first-order chi connectivity index (χ1) is 6.19. The van der Waals surface area contributed by atoms with Gasteiger partial charge in [-0.2, -0.15) is 0 Å². The Morgan fingerprint density at radius 3 is 2.69 bits per heavy atom. The second-order valence-electron chi connectivity index (χ2n) is 2.41. The topological polar surface area (TPSA) is 89.7 Å². The fraction of sp³-hybridized carbons (Fsp3) is 0.125. The molecule has 0 saturated heterocycles. The molecule has 0 atom stereocenters. The quantitative estimate of drug-likeness (QED) is 0.196. The van der Waals surface area contributed by atoms with Crippen LogP contribution in [0.3, 0.4) is 0 Å². The zero-order chi connectivity index (χ0) is 9.84. The molecule has 0 unspecified atom stereocenters. The average molecular weight is 183 g/mol. The van der Waals surface area contributed by atoms with Gasteiger partial charge in [0.25, 0.3) is 0 Å². The van der Waals surface area contributed by atoms with E-state index in [1.165, 1.54) is 13.2 Å². The lowest BCUT2D eigenvalue weighted by molar-refractivity contribution is -0.737. The fourth-order valence-electron chi connectivity index (χ4n) is 0.922. The van der Waals surface area contributed by atoms with E-state index in [1.807, 2.05) is 0 Å². The van der Waals surface area contributed by atoms with Crippen molar-refractivity contribution < 1.29 is 20.2 Å². The number of hydrogen-bond acceptors (Lipinski definition) is 3. The molecule has 0 aliphatic rings. The summed E-state index contributed by atoms with van der Waals surface area (Å²) in [5.74, 6) is 0.394. The van der Waals surface area contributed by atoms with Gasteiger partial charge in [0.15, 0.2) is 11.5 Å². The van der Waals surface area contributed by atoms with Crippen LogP contribution in [0.5, 0.6) is 11.5 Å². The van der Waals surface area contributed by atoms with Gasteiger partial charge in [-0.3, -0.25) is 5.73 Å². The first-order valence-electron chi connectivity index (χ1n) is 3.59. The van der Waals surface area contributed by atoms with Crippen LogP contribution < -0.4 is 15.6 Å². The highest BCUT2D eigenvalue weighted by atomic mass is 16.5. The second-order valence-corrected chi connectivity index (χ2v) is 2.41. The summed E-state index contributed by atoms with van der Waals surface area (Å²) in [5.41, 5.74) is 5.85. The molecule has 0 spiro atoms. The Morgan fingerprint density at radius 1 is 1.54 bits per heavy atom. The van der Waals surface area contributed by atoms with Gasteiger partial charge in [0.05, 0.1) is 12.7 Å². The van der Waals surface area contributed by atoms with Gasteiger partial charge < -0.3 is 15.1 Å². The summed E-state index contributed by atoms with van der Waals surface area (Å²) in [5, 5.41) is 19.6. The lowest BCUT2D eigenvalue weighted by atomic mass is 10.2. The van der Waals surface area contributed by atoms with Crippen LogP contribution in [0.2, 0.25) is 0 Å². The first-order valence-corrected chi connectivity index (χ1v) is 3.59. The molecule has 0 heterocycles. The van der Waals surface area contributed by atoms with Crippen molar-refractivity contribution in [2.45, 2.75) is 0 Å². The maximum Gasteiger partial charge on any atom is 0.311 e. The Morgan fingerprint density at radius 2 is 2.23 bits per heavy atom. The highest BCUT2D eigenvalue weighted by molar-refractivity contribution is 5.93. The van der Waals surface area contributed by atoms with Crippen molar-refractivity contribution in [2.24, 2.45) is 5.73 Å². The average Bonchev–Trinajstić information content (AvgIpc) is 2.16. The van der Waals surface area contributed by atoms with Crippen LogP contribution in [-0.2, 0) is 0 Å². The van der Waals surface area contributed by atoms with E-state index in [4.69, 9.17) is 15.7 Å². The van der Waals surface area contributed by atoms with Crippen molar-refractivity contribution in [1.29, 1.82) is 0 Å². The van der Waals surface area contributed by atoms with E-state index in [-0.39, 0.29) is 11.6 Å². The summed E-state index contributed by atoms with van der Waals surface area (Å²) >= 11 is 0. The molecule has 1 aromatic rings. The monoisotopic (exact) mass is 183 g/mol. The Labute approximate surface area is 75.1 Å². The predicted molar refractivity (Wildman–Crippen MR) is 45.7 cm³/mol. The molecule has 0 bridgehead atoms. The molecule has 5 N–H and O–H groups in total. The standard InChI is InChI=1S/C8H10N2O3/c1-13-7-3-2-5(4-6(7)11)8(9)10-12/h2-4,11-12H,1H3,(H2,9,10)/p+1. The van der Waals surface area contributed by atoms with Crippen LogP contribution in [-0.4, -0.2) is 23.3 Å². The molecule has 1 aromatic carbocycles. The first kappa shape index (κ1) is 9.18. The number of rotatable bonds is 2. The Bertz CT molecular complexity index is 336. The van der Waals surface area contributed by atoms with Gasteiger partial charge in [-0.15, -0.1) is 0 Å². The van der Waals surface area contributed by atoms with Gasteiger partial charge in [0.2, 0.25) is 0 Å². The minimum absolute atomic E-state index is 0.0294. The van der Waals surface area contributed by atoms with Crippen molar-refractivity contribution in [3.8, 4) is 11.5 Å². The van der Waals surface area contributed by atoms with Crippen molar-refractivity contribution in [3.63, 3.8) is 0 Å². The maximum absolute atomic E-state index is 9.33. The summed E-state index contributed by atoms with van der Waals surface area (Å²) in [6.45, 7) is 0. The van der Waals surface area contributed by atoms with Crippen LogP contribution in [0, 0.1) is 0 Å². The minimum Gasteiger partial charge on any atom is -0.504 e. The Hall–Kier alpha value is -1.91. The van der Waals surface area contributed by atoms with Gasteiger partial charge in [-0.1, -0.05) is 5.16 Å². The predicted octanol–water partition coefficient (Wildman–Crippen LogP) is -1.42. The van der Waals surface area contributed by atoms with Crippen molar-refractivity contribution in [2.75, 3.05) is 7.11 Å². The van der Waals surface area contributed by atoms with Crippen LogP contribution in [0.15, 0.2) is 18.2 Å². The van der Waals surface area contributed by atoms with E-state index in [1.54, 1.807) is 17.3 Å². The summed E-state index contributed by atoms with van der Waals surface area (Å²) in [4.78, 5) is 0. The highest BCUT2D eigenvalue weighted by Crippen LogP contribution is 2.25. The molecule has 13 heavy (non-hydrogen) atoms. The highest BCUT2D eigenvalue weighted by Gasteiger charge is 2.08. The summed E-state index contributed by atoms with van der Waals surface area (Å²) < 4.78 is 4.83. The number of phenols is 1. The lowest BCUT2D eigenvalue weighted by Gasteiger charge is -2.02. The van der Waals surface area contributed by atoms with Crippen molar-refractivity contribution in [3.05, 3.63) is 23.8 Å². The molecule has 0 radical (unpaired) electrons. The molecule has 5 heteroatoms. The number of nitrogen functional groups attached to an aromatic ring is 1. The smallest absolute Gasteiger partial charge is 0.311 e. The van der Waals surface area contributed by atoms with Gasteiger partial charge in [-0.05, 0) is 18.2 Å². The molecular formula is C8H11N2O3+. The maximum atomic E-state index is 9.33. The van der Waals surface area contributed by atoms with E-state index < -0.39 is 0 Å². The number of ether oxygens (including phenoxy) is 1. The van der Waals surface area contributed by atoms with Crippen LogP contribution in [0.1, 0.15) is 5.56 Å². The van der Waals surface area contributed by atoms with Gasteiger partial charge >= 0.3 is 5.84 Å². The van der Waals surface area contributed by atoms with E-state index in [9.17, 15) is 5.11 Å². The summed E-state index contributed by atoms with van der Waals surface area (Å²) in [6, 6.07) is 4.54. The molecule has 0 fully saturated rings. The Balaban J connectivity index is 3.10. The number of nitrogens with two attached hydrogens (primary N) is 1. The third kappa shape index (κ3) is 1.81. The van der Waals surface area contributed by atoms with Crippen LogP contribution >= 0.6 is 0 Å². The van der Waals surface area contributed by atoms with Gasteiger partial charge in [-0.25, -0.2) is 0 Å². The largest absolute Gasteiger partial charge is 0.504 e. The number of aromatic hydroxyl groups is 1. The number of methoxy groups -OCH3 is 1. The van der Waals surface area contributed by atoms with E-state index in [0.29, 0.717) is 11.3 Å². The Kier molecular flexibility index (Phi) is 2.59. The molecule has 0 aliphatic carbocycles. The van der Waals surface area contributed by atoms with Crippen molar-refractivity contribution in [1.82, 2.24) is 0 Å². The number of amidine groups is 1. The third-order valence-corrected chi connectivity index (χ3v) is 1.61. The molecular weight excluding hydrogens is 172 g/mol. The molecule has 0 aliphatic heterocycles. The lowest BCUT2D eigenvalue weighted by Crippen LogP contribution is -2.71. The molecule has 0 aromatic heterocycles. The van der Waals surface area contributed by atoms with Gasteiger partial charge in [0.1, 0.15) is 0 Å². The third-order valence-electron chi connectivity index (χ3n) is 1.61. The molecule has 0 saturated carbocycles. The second kappa shape index (κ2) is 3.66.